The molecule has 8 heteroatoms. The third-order valence-electron chi connectivity index (χ3n) is 4.11. The minimum atomic E-state index is -0.411. The van der Waals surface area contributed by atoms with E-state index in [1.165, 1.54) is 0 Å². The number of hydrogen-bond acceptors (Lipinski definition) is 7. The molecule has 0 amide bonds. The molecule has 2 saturated heterocycles. The fourth-order valence-corrected chi connectivity index (χ4v) is 4.74. The van der Waals surface area contributed by atoms with E-state index in [1.54, 1.807) is 6.07 Å². The number of hydrogen-bond donors (Lipinski definition) is 0. The van der Waals surface area contributed by atoms with Crippen LogP contribution in [0.15, 0.2) is 12.1 Å². The summed E-state index contributed by atoms with van der Waals surface area (Å²) in [5.74, 6) is 4.02. The zero-order valence-corrected chi connectivity index (χ0v) is 14.4. The van der Waals surface area contributed by atoms with Crippen molar-refractivity contribution in [3.05, 3.63) is 27.8 Å². The zero-order chi connectivity index (χ0) is 16.2. The fourth-order valence-electron chi connectivity index (χ4n) is 2.93. The second-order valence-electron chi connectivity index (χ2n) is 5.43. The van der Waals surface area contributed by atoms with Crippen LogP contribution in [-0.4, -0.2) is 54.1 Å². The van der Waals surface area contributed by atoms with Crippen molar-refractivity contribution in [3.63, 3.8) is 0 Å². The van der Waals surface area contributed by atoms with Crippen molar-refractivity contribution in [1.82, 2.24) is 0 Å². The molecule has 1 aromatic carbocycles. The third kappa shape index (κ3) is 3.51. The Balaban J connectivity index is 2.05. The maximum absolute atomic E-state index is 11.5. The van der Waals surface area contributed by atoms with Crippen LogP contribution in [0.3, 0.4) is 0 Å². The highest BCUT2D eigenvalue weighted by molar-refractivity contribution is 7.99. The highest BCUT2D eigenvalue weighted by atomic mass is 32.2. The lowest BCUT2D eigenvalue weighted by molar-refractivity contribution is -0.384. The topological polar surface area (TPSA) is 73.4 Å². The molecule has 1 aromatic rings. The molecule has 0 atom stereocenters. The van der Waals surface area contributed by atoms with Crippen molar-refractivity contribution in [2.24, 2.45) is 0 Å². The van der Waals surface area contributed by atoms with Gasteiger partial charge in [0.05, 0.1) is 4.92 Å². The van der Waals surface area contributed by atoms with E-state index in [0.29, 0.717) is 5.69 Å². The first-order chi connectivity index (χ1) is 11.2. The predicted octanol–water partition coefficient (Wildman–Crippen LogP) is 2.57. The van der Waals surface area contributed by atoms with Crippen molar-refractivity contribution in [3.8, 4) is 6.07 Å². The number of nitrogens with zero attached hydrogens (tertiary/aromatic N) is 4. The Bertz CT molecular complexity index is 635. The first kappa shape index (κ1) is 16.3. The summed E-state index contributed by atoms with van der Waals surface area (Å²) in [7, 11) is 0. The monoisotopic (exact) mass is 350 g/mol. The molecule has 122 valence electrons. The van der Waals surface area contributed by atoms with Crippen LogP contribution in [0.5, 0.6) is 0 Å². The molecule has 0 saturated carbocycles. The van der Waals surface area contributed by atoms with Gasteiger partial charge in [0.25, 0.3) is 0 Å². The second-order valence-corrected chi connectivity index (χ2v) is 7.88. The second kappa shape index (κ2) is 7.32. The SMILES string of the molecule is N#Cc1cc(N2CCSCC2)cc(N2CCSCC2)c1[N+](=O)[O-]. The molecule has 0 unspecified atom stereocenters. The average Bonchev–Trinajstić information content (AvgIpc) is 2.62. The Morgan fingerprint density at radius 3 is 2.13 bits per heavy atom. The normalized spacial score (nSPS) is 18.6. The van der Waals surface area contributed by atoms with E-state index in [1.807, 2.05) is 35.7 Å². The van der Waals surface area contributed by atoms with Gasteiger partial charge < -0.3 is 9.80 Å². The number of rotatable bonds is 3. The predicted molar refractivity (Wildman–Crippen MR) is 96.9 cm³/mol. The van der Waals surface area contributed by atoms with Crippen molar-refractivity contribution in [2.45, 2.75) is 0 Å². The smallest absolute Gasteiger partial charge is 0.310 e. The molecule has 0 radical (unpaired) electrons. The maximum atomic E-state index is 11.5. The van der Waals surface area contributed by atoms with Crippen LogP contribution in [-0.2, 0) is 0 Å². The van der Waals surface area contributed by atoms with Gasteiger partial charge in [-0.3, -0.25) is 10.1 Å². The number of thioether (sulfide) groups is 2. The summed E-state index contributed by atoms with van der Waals surface area (Å²) in [5, 5.41) is 21.0. The molecular weight excluding hydrogens is 332 g/mol. The number of benzene rings is 1. The molecule has 0 spiro atoms. The van der Waals surface area contributed by atoms with Crippen LogP contribution >= 0.6 is 23.5 Å². The molecular formula is C15H18N4O2S2. The van der Waals surface area contributed by atoms with E-state index < -0.39 is 4.92 Å². The Hall–Kier alpha value is -1.59. The minimum Gasteiger partial charge on any atom is -0.370 e. The standard InChI is InChI=1S/C15H18N4O2S2/c16-11-12-9-13(17-1-5-22-6-2-17)10-14(15(12)19(20)21)18-3-7-23-8-4-18/h9-10H,1-8H2. The maximum Gasteiger partial charge on any atom is 0.310 e. The van der Waals surface area contributed by atoms with Crippen molar-refractivity contribution < 1.29 is 4.92 Å². The third-order valence-corrected chi connectivity index (χ3v) is 5.99. The first-order valence-corrected chi connectivity index (χ1v) is 9.89. The van der Waals surface area contributed by atoms with Crippen LogP contribution in [0, 0.1) is 21.4 Å². The lowest BCUT2D eigenvalue weighted by Crippen LogP contribution is -2.35. The lowest BCUT2D eigenvalue weighted by atomic mass is 10.1. The van der Waals surface area contributed by atoms with Crippen LogP contribution in [0.1, 0.15) is 5.56 Å². The van der Waals surface area contributed by atoms with Gasteiger partial charge in [-0.15, -0.1) is 0 Å². The number of nitriles is 1. The summed E-state index contributed by atoms with van der Waals surface area (Å²) in [6.07, 6.45) is 0. The molecule has 23 heavy (non-hydrogen) atoms. The summed E-state index contributed by atoms with van der Waals surface area (Å²) in [6, 6.07) is 5.62. The highest BCUT2D eigenvalue weighted by Crippen LogP contribution is 2.37. The van der Waals surface area contributed by atoms with Gasteiger partial charge in [0.15, 0.2) is 0 Å². The molecule has 3 rings (SSSR count). The minimum absolute atomic E-state index is 0.0467. The molecule has 2 aliphatic heterocycles. The average molecular weight is 350 g/mol. The summed E-state index contributed by atoms with van der Waals surface area (Å²) in [6.45, 7) is 3.41. The fraction of sp³-hybridized carbons (Fsp3) is 0.533. The number of anilines is 2. The first-order valence-electron chi connectivity index (χ1n) is 7.58. The van der Waals surface area contributed by atoms with Gasteiger partial charge in [0.2, 0.25) is 0 Å². The van der Waals surface area contributed by atoms with Crippen LogP contribution in [0.4, 0.5) is 17.1 Å². The quantitative estimate of drug-likeness (QED) is 0.613. The molecule has 6 nitrogen and oxygen atoms in total. The Morgan fingerprint density at radius 2 is 1.61 bits per heavy atom. The molecule has 0 aromatic heterocycles. The van der Waals surface area contributed by atoms with Crippen molar-refractivity contribution >= 4 is 40.6 Å². The molecule has 2 heterocycles. The van der Waals surface area contributed by atoms with Crippen molar-refractivity contribution in [2.75, 3.05) is 59.0 Å². The van der Waals surface area contributed by atoms with Crippen LogP contribution < -0.4 is 9.80 Å². The van der Waals surface area contributed by atoms with Crippen molar-refractivity contribution in [1.29, 1.82) is 5.26 Å². The van der Waals surface area contributed by atoms with Gasteiger partial charge >= 0.3 is 5.69 Å². The summed E-state index contributed by atoms with van der Waals surface area (Å²) >= 11 is 3.78. The van der Waals surface area contributed by atoms with E-state index in [9.17, 15) is 15.4 Å². The van der Waals surface area contributed by atoms with Gasteiger partial charge in [-0.1, -0.05) is 0 Å². The number of nitro groups is 1. The largest absolute Gasteiger partial charge is 0.370 e. The molecule has 0 N–H and O–H groups in total. The van der Waals surface area contributed by atoms with Gasteiger partial charge in [0.1, 0.15) is 17.3 Å². The van der Waals surface area contributed by atoms with Gasteiger partial charge in [-0.05, 0) is 12.1 Å². The van der Waals surface area contributed by atoms with E-state index in [0.717, 1.165) is 54.9 Å². The van der Waals surface area contributed by atoms with Crippen LogP contribution in [0.25, 0.3) is 0 Å². The molecule has 0 aliphatic carbocycles. The van der Waals surface area contributed by atoms with E-state index in [4.69, 9.17) is 0 Å². The Kier molecular flexibility index (Phi) is 5.18. The van der Waals surface area contributed by atoms with Gasteiger partial charge in [0, 0.05) is 54.9 Å². The van der Waals surface area contributed by atoms with Crippen LogP contribution in [0.2, 0.25) is 0 Å². The summed E-state index contributed by atoms with van der Waals surface area (Å²) in [5.41, 5.74) is 1.65. The van der Waals surface area contributed by atoms with E-state index >= 15 is 0 Å². The molecule has 2 aliphatic rings. The highest BCUT2D eigenvalue weighted by Gasteiger charge is 2.28. The number of nitro benzene ring substituents is 1. The summed E-state index contributed by atoms with van der Waals surface area (Å²) in [4.78, 5) is 15.4. The van der Waals surface area contributed by atoms with E-state index in [-0.39, 0.29) is 11.3 Å². The molecule has 2 fully saturated rings. The van der Waals surface area contributed by atoms with E-state index in [2.05, 4.69) is 9.80 Å². The Morgan fingerprint density at radius 1 is 1.04 bits per heavy atom. The van der Waals surface area contributed by atoms with Gasteiger partial charge in [-0.2, -0.15) is 28.8 Å². The van der Waals surface area contributed by atoms with Gasteiger partial charge in [-0.25, -0.2) is 0 Å². The lowest BCUT2D eigenvalue weighted by Gasteiger charge is -2.32. The zero-order valence-electron chi connectivity index (χ0n) is 12.7. The summed E-state index contributed by atoms with van der Waals surface area (Å²) < 4.78 is 0. The Labute approximate surface area is 144 Å². The molecule has 0 bridgehead atoms.